The molecule has 0 radical (unpaired) electrons. The van der Waals surface area contributed by atoms with Crippen LogP contribution in [0.3, 0.4) is 0 Å². The van der Waals surface area contributed by atoms with Crippen LogP contribution >= 0.6 is 0 Å². The Kier molecular flexibility index (Phi) is 5.11. The van der Waals surface area contributed by atoms with Crippen LogP contribution in [0.25, 0.3) is 0 Å². The Morgan fingerprint density at radius 3 is 1.06 bits per heavy atom. The fourth-order valence-electron chi connectivity index (χ4n) is 0.680. The summed E-state index contributed by atoms with van der Waals surface area (Å²) in [5.74, 6) is 0.339. The van der Waals surface area contributed by atoms with Crippen LogP contribution in [0.5, 0.6) is 11.5 Å². The van der Waals surface area contributed by atoms with Gasteiger partial charge in [0.05, 0.1) is 0 Å². The number of hydrogen-bond donors (Lipinski definition) is 2. The number of halogens is 6. The molecule has 0 unspecified atom stereocenters. The average molecular weight is 262 g/mol. The highest BCUT2D eigenvalue weighted by Crippen LogP contribution is 2.31. The molecule has 0 atom stereocenters. The number of phenols is 2. The molecule has 17 heavy (non-hydrogen) atoms. The summed E-state index contributed by atoms with van der Waals surface area (Å²) in [6.45, 7) is 0. The first kappa shape index (κ1) is 15.4. The largest absolute Gasteiger partial charge is 0.508 e. The highest BCUT2D eigenvalue weighted by atomic mass is 19.4. The van der Waals surface area contributed by atoms with E-state index in [1.54, 1.807) is 0 Å². The first-order valence-electron chi connectivity index (χ1n) is 4.11. The minimum Gasteiger partial charge on any atom is -0.508 e. The highest BCUT2D eigenvalue weighted by Gasteiger charge is 2.43. The van der Waals surface area contributed by atoms with E-state index < -0.39 is 18.8 Å². The van der Waals surface area contributed by atoms with Crippen LogP contribution in [-0.4, -0.2) is 22.6 Å². The number of hydrogen-bond acceptors (Lipinski definition) is 2. The zero-order chi connectivity index (χ0) is 13.7. The van der Waals surface area contributed by atoms with Gasteiger partial charge in [0.1, 0.15) is 17.9 Å². The zero-order valence-corrected chi connectivity index (χ0v) is 8.18. The Bertz CT molecular complexity index is 294. The molecule has 0 aliphatic carbocycles. The van der Waals surface area contributed by atoms with Gasteiger partial charge in [0.15, 0.2) is 0 Å². The molecule has 0 heterocycles. The second-order valence-electron chi connectivity index (χ2n) is 2.92. The molecule has 2 N–H and O–H groups in total. The lowest BCUT2D eigenvalue weighted by Crippen LogP contribution is -2.20. The van der Waals surface area contributed by atoms with E-state index in [-0.39, 0.29) is 11.5 Å². The molecule has 0 bridgehead atoms. The molecule has 1 aromatic carbocycles. The van der Waals surface area contributed by atoms with Crippen LogP contribution < -0.4 is 0 Å². The lowest BCUT2D eigenvalue weighted by molar-refractivity contribution is -0.232. The third-order valence-corrected chi connectivity index (χ3v) is 1.25. The first-order valence-corrected chi connectivity index (χ1v) is 4.11. The molecular weight excluding hydrogens is 254 g/mol. The summed E-state index contributed by atoms with van der Waals surface area (Å²) >= 11 is 0. The molecule has 0 saturated carbocycles. The van der Waals surface area contributed by atoms with E-state index >= 15 is 0 Å². The SMILES string of the molecule is FC(F)(F)CC(F)(F)F.Oc1ccc(O)cc1. The third-order valence-electron chi connectivity index (χ3n) is 1.25. The van der Waals surface area contributed by atoms with Gasteiger partial charge in [0, 0.05) is 0 Å². The first-order chi connectivity index (χ1) is 7.49. The summed E-state index contributed by atoms with van der Waals surface area (Å²) in [7, 11) is 0. The van der Waals surface area contributed by atoms with Crippen molar-refractivity contribution < 1.29 is 36.6 Å². The molecule has 0 saturated heterocycles. The van der Waals surface area contributed by atoms with Gasteiger partial charge in [0.2, 0.25) is 0 Å². The van der Waals surface area contributed by atoms with Gasteiger partial charge in [-0.2, -0.15) is 26.3 Å². The van der Waals surface area contributed by atoms with E-state index in [1.807, 2.05) is 0 Å². The van der Waals surface area contributed by atoms with Crippen molar-refractivity contribution in [3.05, 3.63) is 24.3 Å². The van der Waals surface area contributed by atoms with Crippen molar-refractivity contribution in [1.29, 1.82) is 0 Å². The van der Waals surface area contributed by atoms with Gasteiger partial charge in [-0.05, 0) is 24.3 Å². The smallest absolute Gasteiger partial charge is 0.397 e. The van der Waals surface area contributed by atoms with E-state index in [1.165, 1.54) is 24.3 Å². The van der Waals surface area contributed by atoms with E-state index in [4.69, 9.17) is 10.2 Å². The van der Waals surface area contributed by atoms with Crippen LogP contribution in [0.2, 0.25) is 0 Å². The predicted octanol–water partition coefficient (Wildman–Crippen LogP) is 3.60. The summed E-state index contributed by atoms with van der Waals surface area (Å²) in [4.78, 5) is 0. The standard InChI is InChI=1S/C6H6O2.C3H2F6/c7-5-1-2-6(8)4-3-5;4-2(5,6)1-3(7,8)9/h1-4,7-8H;1H2. The Labute approximate surface area is 92.1 Å². The quantitative estimate of drug-likeness (QED) is 0.554. The number of aromatic hydroxyl groups is 2. The van der Waals surface area contributed by atoms with Gasteiger partial charge < -0.3 is 10.2 Å². The van der Waals surface area contributed by atoms with E-state index in [9.17, 15) is 26.3 Å². The molecule has 0 aliphatic heterocycles. The lowest BCUT2D eigenvalue weighted by atomic mass is 10.3. The third kappa shape index (κ3) is 10.7. The Hall–Kier alpha value is -1.60. The Morgan fingerprint density at radius 1 is 0.706 bits per heavy atom. The van der Waals surface area contributed by atoms with Crippen molar-refractivity contribution >= 4 is 0 Å². The van der Waals surface area contributed by atoms with Gasteiger partial charge >= 0.3 is 12.4 Å². The molecule has 0 spiro atoms. The second kappa shape index (κ2) is 5.65. The topological polar surface area (TPSA) is 40.5 Å². The molecule has 1 rings (SSSR count). The normalized spacial score (nSPS) is 11.6. The maximum atomic E-state index is 10.8. The second-order valence-corrected chi connectivity index (χ2v) is 2.92. The van der Waals surface area contributed by atoms with Gasteiger partial charge in [-0.3, -0.25) is 0 Å². The van der Waals surface area contributed by atoms with Crippen molar-refractivity contribution in [1.82, 2.24) is 0 Å². The van der Waals surface area contributed by atoms with Gasteiger partial charge in [-0.15, -0.1) is 0 Å². The van der Waals surface area contributed by atoms with Crippen molar-refractivity contribution in [2.75, 3.05) is 0 Å². The van der Waals surface area contributed by atoms with Gasteiger partial charge in [-0.25, -0.2) is 0 Å². The van der Waals surface area contributed by atoms with Crippen LogP contribution in [-0.2, 0) is 0 Å². The molecule has 1 aromatic rings. The van der Waals surface area contributed by atoms with Crippen molar-refractivity contribution in [3.63, 3.8) is 0 Å². The highest BCUT2D eigenvalue weighted by molar-refractivity contribution is 5.28. The van der Waals surface area contributed by atoms with Crippen molar-refractivity contribution in [2.24, 2.45) is 0 Å². The summed E-state index contributed by atoms with van der Waals surface area (Å²) in [5.41, 5.74) is 0. The van der Waals surface area contributed by atoms with Crippen LogP contribution in [0.15, 0.2) is 24.3 Å². The maximum absolute atomic E-state index is 10.8. The predicted molar refractivity (Wildman–Crippen MR) is 46.5 cm³/mol. The van der Waals surface area contributed by atoms with E-state index in [0.717, 1.165) is 0 Å². The summed E-state index contributed by atoms with van der Waals surface area (Å²) in [5, 5.41) is 17.3. The summed E-state index contributed by atoms with van der Waals surface area (Å²) < 4.78 is 65.0. The van der Waals surface area contributed by atoms with Crippen molar-refractivity contribution in [3.8, 4) is 11.5 Å². The van der Waals surface area contributed by atoms with Crippen LogP contribution in [0, 0.1) is 0 Å². The minimum absolute atomic E-state index is 0.169. The molecule has 0 amide bonds. The molecular formula is C9H8F6O2. The molecule has 0 aliphatic rings. The number of alkyl halides is 6. The van der Waals surface area contributed by atoms with Crippen molar-refractivity contribution in [2.45, 2.75) is 18.8 Å². The molecule has 98 valence electrons. The summed E-state index contributed by atoms with van der Waals surface area (Å²) in [6, 6.07) is 5.70. The molecule has 8 heteroatoms. The number of phenolic OH excluding ortho intramolecular Hbond substituents is 2. The molecule has 2 nitrogen and oxygen atoms in total. The van der Waals surface area contributed by atoms with Crippen LogP contribution in [0.4, 0.5) is 26.3 Å². The van der Waals surface area contributed by atoms with E-state index in [0.29, 0.717) is 0 Å². The van der Waals surface area contributed by atoms with Gasteiger partial charge in [-0.1, -0.05) is 0 Å². The minimum atomic E-state index is -5.14. The fraction of sp³-hybridized carbons (Fsp3) is 0.333. The average Bonchev–Trinajstić information content (AvgIpc) is 2.04. The van der Waals surface area contributed by atoms with Gasteiger partial charge in [0.25, 0.3) is 0 Å². The monoisotopic (exact) mass is 262 g/mol. The Morgan fingerprint density at radius 2 is 0.941 bits per heavy atom. The Balaban J connectivity index is 0.000000302. The van der Waals surface area contributed by atoms with Crippen LogP contribution in [0.1, 0.15) is 6.42 Å². The number of benzene rings is 1. The lowest BCUT2D eigenvalue weighted by Gasteiger charge is -2.08. The summed E-state index contributed by atoms with van der Waals surface area (Å²) in [6.07, 6.45) is -13.0. The van der Waals surface area contributed by atoms with E-state index in [2.05, 4.69) is 0 Å². The molecule has 0 fully saturated rings. The molecule has 0 aromatic heterocycles. The number of rotatable bonds is 0. The zero-order valence-electron chi connectivity index (χ0n) is 8.18. The maximum Gasteiger partial charge on any atom is 0.397 e. The fourth-order valence-corrected chi connectivity index (χ4v) is 0.680.